The summed E-state index contributed by atoms with van der Waals surface area (Å²) in [4.78, 5) is 16.8. The van der Waals surface area contributed by atoms with Gasteiger partial charge in [-0.3, -0.25) is 9.36 Å². The number of nitrogens with zero attached hydrogens (tertiary/aromatic N) is 2. The Morgan fingerprint density at radius 2 is 2.33 bits per heavy atom. The first-order chi connectivity index (χ1) is 8.65. The van der Waals surface area contributed by atoms with E-state index in [-0.39, 0.29) is 11.0 Å². The number of aryl methyl sites for hydroxylation is 1. The van der Waals surface area contributed by atoms with Gasteiger partial charge in [-0.1, -0.05) is 6.42 Å². The molecule has 0 aliphatic heterocycles. The van der Waals surface area contributed by atoms with Crippen LogP contribution in [0.1, 0.15) is 24.8 Å². The first-order valence-electron chi connectivity index (χ1n) is 6.19. The molecule has 3 rings (SSSR count). The lowest BCUT2D eigenvalue weighted by Crippen LogP contribution is -2.39. The second-order valence-electron chi connectivity index (χ2n) is 5.29. The van der Waals surface area contributed by atoms with Gasteiger partial charge in [-0.05, 0) is 41.9 Å². The van der Waals surface area contributed by atoms with Crippen LogP contribution in [-0.4, -0.2) is 15.3 Å². The summed E-state index contributed by atoms with van der Waals surface area (Å²) in [5, 5.41) is 2.00. The maximum atomic E-state index is 12.4. The van der Waals surface area contributed by atoms with E-state index in [2.05, 4.69) is 17.6 Å². The van der Waals surface area contributed by atoms with Gasteiger partial charge in [0.1, 0.15) is 4.70 Å². The lowest BCUT2D eigenvalue weighted by Gasteiger charge is -2.41. The fraction of sp³-hybridized carbons (Fsp3) is 0.538. The van der Waals surface area contributed by atoms with E-state index in [0.29, 0.717) is 0 Å². The van der Waals surface area contributed by atoms with Crippen molar-refractivity contribution in [1.82, 2.24) is 9.55 Å². The highest BCUT2D eigenvalue weighted by Crippen LogP contribution is 2.43. The molecule has 0 aromatic carbocycles. The average Bonchev–Trinajstić information content (AvgIpc) is 2.69. The molecular weight excluding hydrogens is 264 g/mol. The van der Waals surface area contributed by atoms with Crippen molar-refractivity contribution in [2.45, 2.75) is 32.7 Å². The number of aromatic nitrogens is 2. The van der Waals surface area contributed by atoms with Crippen LogP contribution < -0.4 is 5.56 Å². The fourth-order valence-corrected chi connectivity index (χ4v) is 3.94. The van der Waals surface area contributed by atoms with Gasteiger partial charge in [-0.15, -0.1) is 11.3 Å². The molecule has 0 spiro atoms. The molecule has 0 N–H and O–H groups in total. The van der Waals surface area contributed by atoms with E-state index in [9.17, 15) is 4.79 Å². The molecule has 0 unspecified atom stereocenters. The van der Waals surface area contributed by atoms with Crippen LogP contribution in [0.2, 0.25) is 0 Å². The summed E-state index contributed by atoms with van der Waals surface area (Å²) in [6.07, 6.45) is 5.30. The molecule has 1 aliphatic carbocycles. The standard InChI is InChI=1S/C13H16N2OS2/c1-9-5-18-11-10(9)14-8-15(12(11)16)6-13(7-17)3-2-4-13/h5,8,17H,2-4,6-7H2,1H3. The number of thiol groups is 1. The van der Waals surface area contributed by atoms with Crippen LogP contribution in [0, 0.1) is 12.3 Å². The molecule has 0 bridgehead atoms. The number of hydrogen-bond donors (Lipinski definition) is 1. The van der Waals surface area contributed by atoms with Crippen molar-refractivity contribution in [3.8, 4) is 0 Å². The first kappa shape index (κ1) is 12.2. The monoisotopic (exact) mass is 280 g/mol. The molecule has 2 aromatic rings. The van der Waals surface area contributed by atoms with E-state index in [1.165, 1.54) is 30.6 Å². The van der Waals surface area contributed by atoms with Crippen molar-refractivity contribution in [3.05, 3.63) is 27.6 Å². The maximum absolute atomic E-state index is 12.4. The lowest BCUT2D eigenvalue weighted by atomic mass is 9.70. The third-order valence-electron chi connectivity index (χ3n) is 3.98. The number of thiophene rings is 1. The Labute approximate surface area is 115 Å². The Balaban J connectivity index is 2.03. The van der Waals surface area contributed by atoms with Gasteiger partial charge in [-0.25, -0.2) is 4.98 Å². The van der Waals surface area contributed by atoms with Gasteiger partial charge in [0, 0.05) is 6.54 Å². The van der Waals surface area contributed by atoms with Gasteiger partial charge < -0.3 is 0 Å². The maximum Gasteiger partial charge on any atom is 0.271 e. The topological polar surface area (TPSA) is 34.9 Å². The van der Waals surface area contributed by atoms with Crippen LogP contribution in [0.25, 0.3) is 10.2 Å². The third-order valence-corrected chi connectivity index (χ3v) is 5.72. The van der Waals surface area contributed by atoms with Gasteiger partial charge in [0.25, 0.3) is 5.56 Å². The Kier molecular flexibility index (Phi) is 2.98. The molecular formula is C13H16N2OS2. The molecule has 0 amide bonds. The molecule has 3 nitrogen and oxygen atoms in total. The molecule has 0 radical (unpaired) electrons. The van der Waals surface area contributed by atoms with Crippen LogP contribution in [0.3, 0.4) is 0 Å². The minimum atomic E-state index is 0.103. The third kappa shape index (κ3) is 1.80. The van der Waals surface area contributed by atoms with Crippen LogP contribution in [-0.2, 0) is 6.54 Å². The summed E-state index contributed by atoms with van der Waals surface area (Å²) >= 11 is 5.94. The fourth-order valence-electron chi connectivity index (χ4n) is 2.58. The normalized spacial score (nSPS) is 17.9. The minimum absolute atomic E-state index is 0.103. The molecule has 0 atom stereocenters. The summed E-state index contributed by atoms with van der Waals surface area (Å²) in [6, 6.07) is 0. The van der Waals surface area contributed by atoms with Gasteiger partial charge in [0.15, 0.2) is 0 Å². The van der Waals surface area contributed by atoms with Crippen LogP contribution in [0.15, 0.2) is 16.5 Å². The molecule has 1 fully saturated rings. The van der Waals surface area contributed by atoms with E-state index in [4.69, 9.17) is 0 Å². The van der Waals surface area contributed by atoms with Crippen LogP contribution >= 0.6 is 24.0 Å². The van der Waals surface area contributed by atoms with E-state index in [1.807, 2.05) is 12.3 Å². The SMILES string of the molecule is Cc1csc2c(=O)n(CC3(CS)CCC3)cnc12. The molecule has 96 valence electrons. The van der Waals surface area contributed by atoms with Crippen molar-refractivity contribution >= 4 is 34.2 Å². The zero-order valence-electron chi connectivity index (χ0n) is 10.3. The molecule has 0 saturated heterocycles. The lowest BCUT2D eigenvalue weighted by molar-refractivity contribution is 0.137. The predicted octanol–water partition coefficient (Wildman–Crippen LogP) is 2.87. The summed E-state index contributed by atoms with van der Waals surface area (Å²) < 4.78 is 2.55. The van der Waals surface area contributed by atoms with Crippen LogP contribution in [0.4, 0.5) is 0 Å². The number of fused-ring (bicyclic) bond motifs is 1. The summed E-state index contributed by atoms with van der Waals surface area (Å²) in [5.74, 6) is 0.848. The molecule has 2 aromatic heterocycles. The summed E-state index contributed by atoms with van der Waals surface area (Å²) in [5.41, 5.74) is 2.27. The molecule has 1 saturated carbocycles. The Hall–Kier alpha value is -0.810. The van der Waals surface area contributed by atoms with E-state index in [1.54, 1.807) is 10.9 Å². The van der Waals surface area contributed by atoms with Gasteiger partial charge in [-0.2, -0.15) is 12.6 Å². The molecule has 5 heteroatoms. The average molecular weight is 280 g/mol. The van der Waals surface area contributed by atoms with Gasteiger partial charge >= 0.3 is 0 Å². The number of hydrogen-bond acceptors (Lipinski definition) is 4. The summed E-state index contributed by atoms with van der Waals surface area (Å²) in [7, 11) is 0. The van der Waals surface area contributed by atoms with Crippen molar-refractivity contribution in [2.24, 2.45) is 5.41 Å². The molecule has 1 aliphatic rings. The number of rotatable bonds is 3. The highest BCUT2D eigenvalue weighted by molar-refractivity contribution is 7.80. The second kappa shape index (κ2) is 4.38. The van der Waals surface area contributed by atoms with Crippen molar-refractivity contribution in [3.63, 3.8) is 0 Å². The van der Waals surface area contributed by atoms with E-state index >= 15 is 0 Å². The Morgan fingerprint density at radius 3 is 2.94 bits per heavy atom. The smallest absolute Gasteiger partial charge is 0.271 e. The van der Waals surface area contributed by atoms with Crippen LogP contribution in [0.5, 0.6) is 0 Å². The highest BCUT2D eigenvalue weighted by Gasteiger charge is 2.36. The van der Waals surface area contributed by atoms with Gasteiger partial charge in [0.2, 0.25) is 0 Å². The van der Waals surface area contributed by atoms with Crippen molar-refractivity contribution in [2.75, 3.05) is 5.75 Å². The molecule has 18 heavy (non-hydrogen) atoms. The van der Waals surface area contributed by atoms with Crippen molar-refractivity contribution in [1.29, 1.82) is 0 Å². The highest BCUT2D eigenvalue weighted by atomic mass is 32.1. The van der Waals surface area contributed by atoms with E-state index in [0.717, 1.165) is 28.1 Å². The molecule has 2 heterocycles. The zero-order valence-corrected chi connectivity index (χ0v) is 12.1. The zero-order chi connectivity index (χ0) is 12.8. The Morgan fingerprint density at radius 1 is 1.56 bits per heavy atom. The Bertz CT molecular complexity index is 634. The predicted molar refractivity (Wildman–Crippen MR) is 78.8 cm³/mol. The van der Waals surface area contributed by atoms with Crippen molar-refractivity contribution < 1.29 is 0 Å². The second-order valence-corrected chi connectivity index (χ2v) is 6.48. The van der Waals surface area contributed by atoms with Gasteiger partial charge in [0.05, 0.1) is 11.8 Å². The summed E-state index contributed by atoms with van der Waals surface area (Å²) in [6.45, 7) is 2.76. The largest absolute Gasteiger partial charge is 0.297 e. The first-order valence-corrected chi connectivity index (χ1v) is 7.71. The van der Waals surface area contributed by atoms with E-state index < -0.39 is 0 Å². The minimum Gasteiger partial charge on any atom is -0.297 e. The quantitative estimate of drug-likeness (QED) is 0.877.